The van der Waals surface area contributed by atoms with Crippen molar-refractivity contribution >= 4 is 33.1 Å². The Bertz CT molecular complexity index is 956. The van der Waals surface area contributed by atoms with Crippen molar-refractivity contribution < 1.29 is 9.18 Å². The normalized spacial score (nSPS) is 12.3. The Hall–Kier alpha value is -2.35. The molecule has 1 heterocycles. The minimum Gasteiger partial charge on any atom is -0.330 e. The number of benzene rings is 2. The molecule has 4 N–H and O–H groups in total. The van der Waals surface area contributed by atoms with Gasteiger partial charge in [-0.3, -0.25) is 4.79 Å². The lowest BCUT2D eigenvalue weighted by Crippen LogP contribution is -2.29. The van der Waals surface area contributed by atoms with E-state index in [0.29, 0.717) is 24.2 Å². The summed E-state index contributed by atoms with van der Waals surface area (Å²) in [5, 5.41) is 3.63. The smallest absolute Gasteiger partial charge is 0.242 e. The summed E-state index contributed by atoms with van der Waals surface area (Å²) < 4.78 is 14.3. The highest BCUT2D eigenvalue weighted by Gasteiger charge is 2.15. The molecule has 5 nitrogen and oxygen atoms in total. The maximum Gasteiger partial charge on any atom is 0.242 e. The predicted octanol–water partition coefficient (Wildman–Crippen LogP) is 4.13. The van der Waals surface area contributed by atoms with Crippen molar-refractivity contribution in [2.75, 3.05) is 11.9 Å². The highest BCUT2D eigenvalue weighted by molar-refractivity contribution is 7.21. The monoisotopic (exact) mass is 385 g/mol. The number of nitrogens with two attached hydrogens (primary N) is 1. The Balaban J connectivity index is 1.74. The Morgan fingerprint density at radius 1 is 1.30 bits per heavy atom. The summed E-state index contributed by atoms with van der Waals surface area (Å²) in [6.07, 6.45) is 2.10. The van der Waals surface area contributed by atoms with E-state index in [1.807, 2.05) is 25.1 Å². The molecule has 0 fully saturated rings. The topological polar surface area (TPSA) is 91.8 Å². The summed E-state index contributed by atoms with van der Waals surface area (Å²) in [4.78, 5) is 16.7. The Morgan fingerprint density at radius 2 is 2.11 bits per heavy atom. The number of anilines is 1. The highest BCUT2D eigenvalue weighted by atomic mass is 32.1. The van der Waals surface area contributed by atoms with E-state index in [-0.39, 0.29) is 11.7 Å². The minimum atomic E-state index is -0.796. The maximum absolute atomic E-state index is 13.4. The minimum absolute atomic E-state index is 0.301. The van der Waals surface area contributed by atoms with Crippen LogP contribution >= 0.6 is 11.3 Å². The zero-order valence-electron chi connectivity index (χ0n) is 15.1. The quantitative estimate of drug-likeness (QED) is 0.599. The largest absolute Gasteiger partial charge is 0.330 e. The van der Waals surface area contributed by atoms with Gasteiger partial charge in [-0.2, -0.15) is 0 Å². The SMILES string of the molecule is Cc1cc(-c2nc3cc(F)ccc3s2)ccc1NC(=O)[C@@H]([NH])CCCCN. The number of halogens is 1. The van der Waals surface area contributed by atoms with E-state index in [2.05, 4.69) is 10.3 Å². The second kappa shape index (κ2) is 8.56. The zero-order valence-corrected chi connectivity index (χ0v) is 15.9. The van der Waals surface area contributed by atoms with Crippen molar-refractivity contribution in [2.45, 2.75) is 32.2 Å². The molecule has 1 amide bonds. The number of nitrogens with zero attached hydrogens (tertiary/aromatic N) is 1. The van der Waals surface area contributed by atoms with Gasteiger partial charge in [-0.15, -0.1) is 11.3 Å². The molecule has 0 unspecified atom stereocenters. The first-order valence-corrected chi connectivity index (χ1v) is 9.68. The van der Waals surface area contributed by atoms with Crippen LogP contribution < -0.4 is 16.8 Å². The van der Waals surface area contributed by atoms with Crippen LogP contribution in [0.3, 0.4) is 0 Å². The third kappa shape index (κ3) is 4.68. The van der Waals surface area contributed by atoms with Gasteiger partial charge >= 0.3 is 0 Å². The number of carbonyl (C=O) groups is 1. The average Bonchev–Trinajstić information content (AvgIpc) is 3.06. The molecule has 1 aromatic heterocycles. The first-order chi connectivity index (χ1) is 13.0. The van der Waals surface area contributed by atoms with Gasteiger partial charge in [0.25, 0.3) is 0 Å². The van der Waals surface area contributed by atoms with Gasteiger partial charge in [0.2, 0.25) is 5.91 Å². The molecule has 7 heteroatoms. The second-order valence-electron chi connectivity index (χ2n) is 6.49. The maximum atomic E-state index is 13.4. The Kier molecular flexibility index (Phi) is 6.15. The van der Waals surface area contributed by atoms with Gasteiger partial charge in [0.15, 0.2) is 0 Å². The summed E-state index contributed by atoms with van der Waals surface area (Å²) in [5.41, 5.74) is 16.5. The number of unbranched alkanes of at least 4 members (excludes halogenated alkanes) is 1. The van der Waals surface area contributed by atoms with Crippen LogP contribution in [0.5, 0.6) is 0 Å². The number of rotatable bonds is 7. The summed E-state index contributed by atoms with van der Waals surface area (Å²) in [5.74, 6) is -0.608. The lowest BCUT2D eigenvalue weighted by atomic mass is 10.1. The molecule has 0 aliphatic rings. The zero-order chi connectivity index (χ0) is 19.4. The first-order valence-electron chi connectivity index (χ1n) is 8.87. The number of carbonyl (C=O) groups excluding carboxylic acids is 1. The van der Waals surface area contributed by atoms with Gasteiger partial charge in [0.05, 0.1) is 10.2 Å². The van der Waals surface area contributed by atoms with Crippen molar-refractivity contribution in [3.8, 4) is 10.6 Å². The Labute approximate surface area is 161 Å². The van der Waals surface area contributed by atoms with E-state index in [1.165, 1.54) is 23.5 Å². The molecule has 1 atom stereocenters. The summed E-state index contributed by atoms with van der Waals surface area (Å²) >= 11 is 1.50. The molecule has 3 aromatic rings. The summed E-state index contributed by atoms with van der Waals surface area (Å²) in [6, 6.07) is 9.43. The van der Waals surface area contributed by atoms with Crippen LogP contribution in [-0.2, 0) is 4.79 Å². The molecule has 0 saturated heterocycles. The number of thiazole rings is 1. The molecule has 0 bridgehead atoms. The molecular weight excluding hydrogens is 363 g/mol. The lowest BCUT2D eigenvalue weighted by Gasteiger charge is -2.13. The fourth-order valence-corrected chi connectivity index (χ4v) is 3.75. The summed E-state index contributed by atoms with van der Waals surface area (Å²) in [6.45, 7) is 2.48. The van der Waals surface area contributed by atoms with Gasteiger partial charge in [-0.1, -0.05) is 6.42 Å². The molecule has 0 saturated carbocycles. The highest BCUT2D eigenvalue weighted by Crippen LogP contribution is 2.32. The molecular formula is C20H22FN4OS. The third-order valence-corrected chi connectivity index (χ3v) is 5.43. The average molecular weight is 385 g/mol. The van der Waals surface area contributed by atoms with Gasteiger partial charge < -0.3 is 11.1 Å². The number of amides is 1. The van der Waals surface area contributed by atoms with Gasteiger partial charge in [-0.25, -0.2) is 15.1 Å². The van der Waals surface area contributed by atoms with Crippen LogP contribution in [0.1, 0.15) is 24.8 Å². The van der Waals surface area contributed by atoms with E-state index in [9.17, 15) is 9.18 Å². The van der Waals surface area contributed by atoms with E-state index in [0.717, 1.165) is 33.7 Å². The van der Waals surface area contributed by atoms with Crippen LogP contribution in [0, 0.1) is 12.7 Å². The molecule has 0 aliphatic heterocycles. The molecule has 3 rings (SSSR count). The van der Waals surface area contributed by atoms with E-state index < -0.39 is 6.04 Å². The molecule has 2 aromatic carbocycles. The number of aromatic nitrogens is 1. The number of nitrogens with one attached hydrogen (secondary N) is 2. The number of hydrogen-bond donors (Lipinski definition) is 2. The van der Waals surface area contributed by atoms with Crippen LogP contribution in [0.4, 0.5) is 10.1 Å². The number of aryl methyl sites for hydroxylation is 1. The number of hydrogen-bond acceptors (Lipinski definition) is 4. The van der Waals surface area contributed by atoms with Crippen molar-refractivity contribution in [1.29, 1.82) is 0 Å². The van der Waals surface area contributed by atoms with Gasteiger partial charge in [0.1, 0.15) is 16.9 Å². The van der Waals surface area contributed by atoms with Gasteiger partial charge in [-0.05, 0) is 62.2 Å². The van der Waals surface area contributed by atoms with Crippen LogP contribution in [0.15, 0.2) is 36.4 Å². The van der Waals surface area contributed by atoms with E-state index >= 15 is 0 Å². The second-order valence-corrected chi connectivity index (χ2v) is 7.52. The third-order valence-electron chi connectivity index (χ3n) is 4.34. The van der Waals surface area contributed by atoms with E-state index in [4.69, 9.17) is 11.5 Å². The van der Waals surface area contributed by atoms with Crippen LogP contribution in [0.2, 0.25) is 0 Å². The van der Waals surface area contributed by atoms with Crippen molar-refractivity contribution in [1.82, 2.24) is 10.7 Å². The fourth-order valence-electron chi connectivity index (χ4n) is 2.80. The lowest BCUT2D eigenvalue weighted by molar-refractivity contribution is -0.117. The molecule has 0 spiro atoms. The molecule has 141 valence electrons. The number of fused-ring (bicyclic) bond motifs is 1. The molecule has 0 aliphatic carbocycles. The van der Waals surface area contributed by atoms with Crippen LogP contribution in [-0.4, -0.2) is 23.5 Å². The molecule has 1 radical (unpaired) electrons. The predicted molar refractivity (Wildman–Crippen MR) is 108 cm³/mol. The van der Waals surface area contributed by atoms with E-state index in [1.54, 1.807) is 6.07 Å². The Morgan fingerprint density at radius 3 is 2.85 bits per heavy atom. The van der Waals surface area contributed by atoms with Gasteiger partial charge in [0, 0.05) is 17.3 Å². The van der Waals surface area contributed by atoms with Crippen molar-refractivity contribution in [3.05, 3.63) is 47.8 Å². The van der Waals surface area contributed by atoms with Crippen LogP contribution in [0.25, 0.3) is 20.8 Å². The molecule has 27 heavy (non-hydrogen) atoms. The van der Waals surface area contributed by atoms with Crippen molar-refractivity contribution in [3.63, 3.8) is 0 Å². The van der Waals surface area contributed by atoms with Crippen molar-refractivity contribution in [2.24, 2.45) is 5.73 Å². The first kappa shape index (κ1) is 19.4. The summed E-state index contributed by atoms with van der Waals surface area (Å²) in [7, 11) is 0. The standard InChI is InChI=1S/C20H22FN4OS/c1-12-10-13(20-25-17-11-14(21)6-8-18(17)27-20)5-7-16(12)24-19(26)15(23)4-2-3-9-22/h5-8,10-11,15,23H,2-4,9,22H2,1H3,(H,24,26)/t15-/m0/s1. The fraction of sp³-hybridized carbons (Fsp3) is 0.300.